The molecule has 0 bridgehead atoms. The number of fused-ring (bicyclic) bond motifs is 2. The number of nitrogens with one attached hydrogen (secondary N) is 1. The summed E-state index contributed by atoms with van der Waals surface area (Å²) in [5.41, 5.74) is 3.78. The lowest BCUT2D eigenvalue weighted by Gasteiger charge is -2.31. The number of rotatable bonds is 9. The zero-order valence-corrected chi connectivity index (χ0v) is 23.0. The second-order valence-electron chi connectivity index (χ2n) is 10.6. The molecule has 1 N–H and O–H groups in total. The van der Waals surface area contributed by atoms with Crippen molar-refractivity contribution in [1.82, 2.24) is 44.5 Å². The third kappa shape index (κ3) is 4.75. The molecule has 0 saturated heterocycles. The van der Waals surface area contributed by atoms with Gasteiger partial charge in [-0.25, -0.2) is 14.1 Å². The second-order valence-corrected chi connectivity index (χ2v) is 10.6. The van der Waals surface area contributed by atoms with Crippen LogP contribution in [0.25, 0.3) is 5.69 Å². The van der Waals surface area contributed by atoms with Gasteiger partial charge in [0.1, 0.15) is 18.1 Å². The summed E-state index contributed by atoms with van der Waals surface area (Å²) in [6, 6.07) is 5.32. The van der Waals surface area contributed by atoms with Crippen molar-refractivity contribution in [2.24, 2.45) is 0 Å². The van der Waals surface area contributed by atoms with E-state index in [-0.39, 0.29) is 35.7 Å². The van der Waals surface area contributed by atoms with Gasteiger partial charge in [0.2, 0.25) is 0 Å². The molecule has 1 fully saturated rings. The number of aromatic nitrogens is 7. The van der Waals surface area contributed by atoms with Gasteiger partial charge in [-0.15, -0.1) is 5.10 Å². The summed E-state index contributed by atoms with van der Waals surface area (Å²) in [4.78, 5) is 20.1. The summed E-state index contributed by atoms with van der Waals surface area (Å²) in [6.45, 7) is 4.24. The SMILES string of the molecule is COCc1nc(C(=O)NCc2c(-n3cc(C)nn3)ccc(OC)c2F)cn1Cc1cc2n(n1)C1(CC1)CN(C)C2. The van der Waals surface area contributed by atoms with E-state index in [4.69, 9.17) is 14.6 Å². The Bertz CT molecular complexity index is 1570. The zero-order chi connectivity index (χ0) is 28.0. The molecule has 2 aliphatic rings. The first kappa shape index (κ1) is 26.1. The van der Waals surface area contributed by atoms with E-state index in [9.17, 15) is 4.79 Å². The molecule has 0 atom stereocenters. The molecule has 4 heterocycles. The smallest absolute Gasteiger partial charge is 0.271 e. The largest absolute Gasteiger partial charge is 0.494 e. The van der Waals surface area contributed by atoms with Gasteiger partial charge < -0.3 is 19.4 Å². The van der Waals surface area contributed by atoms with Crippen molar-refractivity contribution in [1.29, 1.82) is 0 Å². The van der Waals surface area contributed by atoms with Crippen LogP contribution in [0.4, 0.5) is 4.39 Å². The average molecular weight is 550 g/mol. The first-order chi connectivity index (χ1) is 19.3. The fourth-order valence-corrected chi connectivity index (χ4v) is 5.47. The molecule has 1 saturated carbocycles. The summed E-state index contributed by atoms with van der Waals surface area (Å²) < 4.78 is 31.3. The Hall–Kier alpha value is -4.10. The number of likely N-dealkylation sites (N-methyl/N-ethyl adjacent to an activating group) is 1. The van der Waals surface area contributed by atoms with Crippen molar-refractivity contribution >= 4 is 5.91 Å². The first-order valence-corrected chi connectivity index (χ1v) is 13.1. The van der Waals surface area contributed by atoms with Gasteiger partial charge in [0, 0.05) is 38.5 Å². The predicted octanol–water partition coefficient (Wildman–Crippen LogP) is 2.18. The number of carbonyl (C=O) groups excluding carboxylic acids is 1. The van der Waals surface area contributed by atoms with Gasteiger partial charge in [-0.1, -0.05) is 5.21 Å². The molecule has 40 heavy (non-hydrogen) atoms. The number of nitrogens with zero attached hydrogens (tertiary/aromatic N) is 8. The molecule has 1 spiro atoms. The number of carbonyl (C=O) groups is 1. The molecule has 0 radical (unpaired) electrons. The van der Waals surface area contributed by atoms with Gasteiger partial charge in [0.25, 0.3) is 5.91 Å². The van der Waals surface area contributed by atoms with Gasteiger partial charge in [0.15, 0.2) is 11.6 Å². The quantitative estimate of drug-likeness (QED) is 0.338. The Morgan fingerprint density at radius 1 is 1.23 bits per heavy atom. The highest BCUT2D eigenvalue weighted by Crippen LogP contribution is 2.46. The van der Waals surface area contributed by atoms with Gasteiger partial charge in [-0.3, -0.25) is 14.4 Å². The first-order valence-electron chi connectivity index (χ1n) is 13.1. The van der Waals surface area contributed by atoms with Gasteiger partial charge in [0.05, 0.1) is 48.2 Å². The fraction of sp³-hybridized carbons (Fsp3) is 0.444. The Kier molecular flexibility index (Phi) is 6.62. The number of ether oxygens (including phenoxy) is 2. The van der Waals surface area contributed by atoms with Crippen molar-refractivity contribution in [3.8, 4) is 11.4 Å². The Morgan fingerprint density at radius 3 is 2.75 bits per heavy atom. The summed E-state index contributed by atoms with van der Waals surface area (Å²) in [7, 11) is 5.12. The molecule has 13 heteroatoms. The molecule has 4 aromatic rings. The number of hydrogen-bond acceptors (Lipinski definition) is 8. The number of benzene rings is 1. The number of halogens is 1. The Morgan fingerprint density at radius 2 is 2.05 bits per heavy atom. The summed E-state index contributed by atoms with van der Waals surface area (Å²) in [6.07, 6.45) is 5.65. The number of aryl methyl sites for hydroxylation is 1. The van der Waals surface area contributed by atoms with E-state index in [2.05, 4.69) is 43.3 Å². The monoisotopic (exact) mass is 549 g/mol. The molecule has 1 aromatic carbocycles. The highest BCUT2D eigenvalue weighted by atomic mass is 19.1. The maximum Gasteiger partial charge on any atom is 0.271 e. The van der Waals surface area contributed by atoms with Gasteiger partial charge in [-0.2, -0.15) is 5.10 Å². The van der Waals surface area contributed by atoms with E-state index in [1.165, 1.54) is 23.6 Å². The standard InChI is InChI=1S/C27H32FN9O3/c1-17-11-36(33-31-17)22-5-6-23(40-4)25(28)20(22)10-29-26(38)21-14-35(24(30-21)15-39-3)12-18-9-19-13-34(2)16-27(7-8-27)37(19)32-18/h5-6,9,11,14H,7-8,10,12-13,15-16H2,1-4H3,(H,29,38). The van der Waals surface area contributed by atoms with Crippen LogP contribution in [0.5, 0.6) is 5.75 Å². The van der Waals surface area contributed by atoms with Crippen LogP contribution < -0.4 is 10.1 Å². The normalized spacial score (nSPS) is 15.8. The lowest BCUT2D eigenvalue weighted by atomic mass is 10.1. The number of amides is 1. The maximum atomic E-state index is 15.3. The van der Waals surface area contributed by atoms with Crippen LogP contribution in [0.15, 0.2) is 30.6 Å². The van der Waals surface area contributed by atoms with Crippen molar-refractivity contribution in [3.63, 3.8) is 0 Å². The number of hydrogen-bond donors (Lipinski definition) is 1. The van der Waals surface area contributed by atoms with Gasteiger partial charge in [-0.05, 0) is 45.0 Å². The van der Waals surface area contributed by atoms with Crippen LogP contribution in [0.2, 0.25) is 0 Å². The zero-order valence-electron chi connectivity index (χ0n) is 23.0. The summed E-state index contributed by atoms with van der Waals surface area (Å²) >= 11 is 0. The second kappa shape index (κ2) is 10.1. The van der Waals surface area contributed by atoms with Crippen molar-refractivity contribution in [2.45, 2.75) is 51.5 Å². The molecule has 3 aromatic heterocycles. The summed E-state index contributed by atoms with van der Waals surface area (Å²) in [5, 5.41) is 15.8. The molecule has 12 nitrogen and oxygen atoms in total. The Balaban J connectivity index is 1.23. The van der Waals surface area contributed by atoms with Crippen LogP contribution in [-0.4, -0.2) is 72.9 Å². The van der Waals surface area contributed by atoms with E-state index >= 15 is 4.39 Å². The summed E-state index contributed by atoms with van der Waals surface area (Å²) in [5.74, 6) is -0.356. The van der Waals surface area contributed by atoms with Crippen LogP contribution in [0.3, 0.4) is 0 Å². The molecule has 1 aliphatic heterocycles. The third-order valence-corrected chi connectivity index (χ3v) is 7.49. The van der Waals surface area contributed by atoms with E-state index < -0.39 is 11.7 Å². The highest BCUT2D eigenvalue weighted by Gasteiger charge is 2.49. The van der Waals surface area contributed by atoms with Crippen molar-refractivity contribution in [2.75, 3.05) is 27.8 Å². The minimum atomic E-state index is -0.582. The molecular weight excluding hydrogens is 517 g/mol. The molecule has 0 unspecified atom stereocenters. The molecule has 1 aliphatic carbocycles. The van der Waals surface area contributed by atoms with Crippen LogP contribution >= 0.6 is 0 Å². The van der Waals surface area contributed by atoms with Crippen LogP contribution in [0, 0.1) is 12.7 Å². The van der Waals surface area contributed by atoms with E-state index in [0.29, 0.717) is 23.8 Å². The van der Waals surface area contributed by atoms with Crippen LogP contribution in [0.1, 0.15) is 51.8 Å². The number of imidazole rings is 1. The topological polar surface area (TPSA) is 117 Å². The predicted molar refractivity (Wildman–Crippen MR) is 142 cm³/mol. The lowest BCUT2D eigenvalue weighted by molar-refractivity contribution is 0.0945. The third-order valence-electron chi connectivity index (χ3n) is 7.49. The Labute approximate surface area is 230 Å². The number of methoxy groups -OCH3 is 2. The lowest BCUT2D eigenvalue weighted by Crippen LogP contribution is -2.40. The van der Waals surface area contributed by atoms with E-state index in [1.807, 2.05) is 4.57 Å². The van der Waals surface area contributed by atoms with Gasteiger partial charge >= 0.3 is 0 Å². The van der Waals surface area contributed by atoms with Crippen LogP contribution in [-0.2, 0) is 36.5 Å². The highest BCUT2D eigenvalue weighted by molar-refractivity contribution is 5.92. The minimum Gasteiger partial charge on any atom is -0.494 e. The molecule has 6 rings (SSSR count). The fourth-order valence-electron chi connectivity index (χ4n) is 5.47. The molecule has 1 amide bonds. The minimum absolute atomic E-state index is 0.0680. The molecule has 210 valence electrons. The van der Waals surface area contributed by atoms with Crippen molar-refractivity contribution in [3.05, 3.63) is 70.6 Å². The van der Waals surface area contributed by atoms with E-state index in [1.54, 1.807) is 32.5 Å². The maximum absolute atomic E-state index is 15.3. The molecular formula is C27H32FN9O3. The average Bonchev–Trinajstić information content (AvgIpc) is 3.22. The van der Waals surface area contributed by atoms with E-state index in [0.717, 1.165) is 31.6 Å². The van der Waals surface area contributed by atoms with Crippen molar-refractivity contribution < 1.29 is 18.7 Å².